The number of aryl methyl sites for hydroxylation is 1. The second-order valence-corrected chi connectivity index (χ2v) is 9.00. The van der Waals surface area contributed by atoms with Gasteiger partial charge < -0.3 is 5.11 Å². The minimum absolute atomic E-state index is 0.0282. The van der Waals surface area contributed by atoms with Gasteiger partial charge in [0.05, 0.1) is 21.8 Å². The Labute approximate surface area is 193 Å². The first-order valence-electron chi connectivity index (χ1n) is 9.93. The van der Waals surface area contributed by atoms with Gasteiger partial charge in [-0.1, -0.05) is 77.0 Å². The maximum absolute atomic E-state index is 13.2. The predicted molar refractivity (Wildman–Crippen MR) is 127 cm³/mol. The lowest BCUT2D eigenvalue weighted by atomic mass is 9.95. The first-order chi connectivity index (χ1) is 15.4. The summed E-state index contributed by atoms with van der Waals surface area (Å²) < 4.78 is 0.901. The molecule has 5 rings (SSSR count). The lowest BCUT2D eigenvalue weighted by Gasteiger charge is -2.23. The largest absolute Gasteiger partial charge is 0.507 e. The summed E-state index contributed by atoms with van der Waals surface area (Å²) in [5.41, 5.74) is 2.91. The molecule has 32 heavy (non-hydrogen) atoms. The molecule has 0 saturated carbocycles. The maximum Gasteiger partial charge on any atom is 0.301 e. The molecule has 1 fully saturated rings. The summed E-state index contributed by atoms with van der Waals surface area (Å²) in [6.07, 6.45) is 0. The zero-order valence-corrected chi connectivity index (χ0v) is 18.5. The van der Waals surface area contributed by atoms with E-state index in [9.17, 15) is 14.7 Å². The van der Waals surface area contributed by atoms with Crippen molar-refractivity contribution in [2.45, 2.75) is 13.0 Å². The second kappa shape index (κ2) is 7.89. The standard InChI is InChI=1S/C25H17ClN2O3S/c1-14-6-8-16(9-7-14)22(29)20-21(15-10-12-17(26)13-11-15)28(24(31)23(20)30)25-27-18-4-2-3-5-19(18)32-25/h2-13,21,29H,1H3/t21-/m0/s1. The average Bonchev–Trinajstić information content (AvgIpc) is 3.33. The third kappa shape index (κ3) is 3.38. The average molecular weight is 461 g/mol. The summed E-state index contributed by atoms with van der Waals surface area (Å²) in [7, 11) is 0. The molecular formula is C25H17ClN2O3S. The zero-order chi connectivity index (χ0) is 22.4. The summed E-state index contributed by atoms with van der Waals surface area (Å²) in [6.45, 7) is 1.93. The summed E-state index contributed by atoms with van der Waals surface area (Å²) in [5.74, 6) is -1.69. The number of aromatic nitrogens is 1. The van der Waals surface area contributed by atoms with Crippen molar-refractivity contribution in [3.8, 4) is 0 Å². The number of rotatable bonds is 3. The van der Waals surface area contributed by atoms with Crippen molar-refractivity contribution in [3.05, 3.63) is 100 Å². The fourth-order valence-corrected chi connectivity index (χ4v) is 4.94. The number of hydrogen-bond acceptors (Lipinski definition) is 5. The lowest BCUT2D eigenvalue weighted by Crippen LogP contribution is -2.29. The van der Waals surface area contributed by atoms with Crippen LogP contribution < -0.4 is 4.90 Å². The highest BCUT2D eigenvalue weighted by Crippen LogP contribution is 2.44. The van der Waals surface area contributed by atoms with Crippen molar-refractivity contribution in [2.24, 2.45) is 0 Å². The van der Waals surface area contributed by atoms with E-state index in [2.05, 4.69) is 4.98 Å². The van der Waals surface area contributed by atoms with Crippen molar-refractivity contribution in [2.75, 3.05) is 4.90 Å². The molecule has 0 spiro atoms. The van der Waals surface area contributed by atoms with Crippen LogP contribution in [0.5, 0.6) is 0 Å². The molecule has 0 bridgehead atoms. The van der Waals surface area contributed by atoms with Gasteiger partial charge in [-0.05, 0) is 36.8 Å². The number of amides is 1. The molecule has 0 aliphatic carbocycles. The van der Waals surface area contributed by atoms with Crippen LogP contribution in [0.25, 0.3) is 16.0 Å². The number of nitrogens with zero attached hydrogens (tertiary/aromatic N) is 2. The third-order valence-corrected chi connectivity index (χ3v) is 6.73. The number of fused-ring (bicyclic) bond motifs is 1. The highest BCUT2D eigenvalue weighted by atomic mass is 35.5. The van der Waals surface area contributed by atoms with Crippen LogP contribution in [0.2, 0.25) is 5.02 Å². The summed E-state index contributed by atoms with van der Waals surface area (Å²) >= 11 is 7.40. The monoisotopic (exact) mass is 460 g/mol. The van der Waals surface area contributed by atoms with Gasteiger partial charge in [0, 0.05) is 10.6 Å². The van der Waals surface area contributed by atoms with Gasteiger partial charge in [-0.2, -0.15) is 0 Å². The molecule has 5 nitrogen and oxygen atoms in total. The Morgan fingerprint density at radius 1 is 1.00 bits per heavy atom. The molecule has 1 saturated heterocycles. The quantitative estimate of drug-likeness (QED) is 0.235. The van der Waals surface area contributed by atoms with E-state index in [-0.39, 0.29) is 11.3 Å². The smallest absolute Gasteiger partial charge is 0.301 e. The van der Waals surface area contributed by atoms with E-state index >= 15 is 0 Å². The van der Waals surface area contributed by atoms with Crippen LogP contribution in [0.3, 0.4) is 0 Å². The van der Waals surface area contributed by atoms with Gasteiger partial charge in [-0.15, -0.1) is 0 Å². The number of anilines is 1. The Bertz CT molecular complexity index is 1360. The van der Waals surface area contributed by atoms with E-state index in [0.717, 1.165) is 15.8 Å². The molecule has 2 heterocycles. The highest BCUT2D eigenvalue weighted by molar-refractivity contribution is 7.22. The van der Waals surface area contributed by atoms with Crippen molar-refractivity contribution in [1.29, 1.82) is 0 Å². The van der Waals surface area contributed by atoms with E-state index in [1.165, 1.54) is 16.2 Å². The van der Waals surface area contributed by atoms with Crippen molar-refractivity contribution >= 4 is 55.7 Å². The predicted octanol–water partition coefficient (Wildman–Crippen LogP) is 5.88. The number of halogens is 1. The molecule has 1 N–H and O–H groups in total. The Hall–Kier alpha value is -3.48. The van der Waals surface area contributed by atoms with Crippen molar-refractivity contribution < 1.29 is 14.7 Å². The highest BCUT2D eigenvalue weighted by Gasteiger charge is 2.48. The molecule has 4 aromatic rings. The number of aliphatic hydroxyl groups is 1. The third-order valence-electron chi connectivity index (χ3n) is 5.44. The van der Waals surface area contributed by atoms with Gasteiger partial charge in [0.15, 0.2) is 5.13 Å². The normalized spacial score (nSPS) is 17.9. The van der Waals surface area contributed by atoms with Gasteiger partial charge in [-0.3, -0.25) is 14.5 Å². The number of Topliss-reactive ketones (excluding diaryl/α,β-unsaturated/α-hetero) is 1. The summed E-state index contributed by atoms with van der Waals surface area (Å²) in [5, 5.41) is 12.1. The zero-order valence-electron chi connectivity index (χ0n) is 16.9. The van der Waals surface area contributed by atoms with Crippen LogP contribution in [0.1, 0.15) is 22.7 Å². The minimum atomic E-state index is -0.825. The molecule has 1 amide bonds. The van der Waals surface area contributed by atoms with E-state index < -0.39 is 17.7 Å². The number of ketones is 1. The Morgan fingerprint density at radius 2 is 1.69 bits per heavy atom. The topological polar surface area (TPSA) is 70.5 Å². The molecule has 1 atom stereocenters. The maximum atomic E-state index is 13.2. The lowest BCUT2D eigenvalue weighted by molar-refractivity contribution is -0.132. The van der Waals surface area contributed by atoms with Crippen LogP contribution in [0, 0.1) is 6.92 Å². The fraction of sp³-hybridized carbons (Fsp3) is 0.0800. The van der Waals surface area contributed by atoms with E-state index in [1.54, 1.807) is 36.4 Å². The number of carbonyl (C=O) groups is 2. The Morgan fingerprint density at radius 3 is 2.38 bits per heavy atom. The Kier molecular flexibility index (Phi) is 5.04. The van der Waals surface area contributed by atoms with E-state index in [4.69, 9.17) is 11.6 Å². The van der Waals surface area contributed by atoms with E-state index in [1.807, 2.05) is 43.3 Å². The first kappa shape index (κ1) is 20.4. The van der Waals surface area contributed by atoms with Crippen molar-refractivity contribution in [3.63, 3.8) is 0 Å². The molecule has 0 radical (unpaired) electrons. The van der Waals surface area contributed by atoms with Gasteiger partial charge in [-0.25, -0.2) is 4.98 Å². The van der Waals surface area contributed by atoms with Gasteiger partial charge in [0.1, 0.15) is 5.76 Å². The minimum Gasteiger partial charge on any atom is -0.507 e. The number of carbonyl (C=O) groups excluding carboxylic acids is 2. The van der Waals surface area contributed by atoms with Gasteiger partial charge in [0.2, 0.25) is 0 Å². The van der Waals surface area contributed by atoms with Crippen LogP contribution in [0.4, 0.5) is 5.13 Å². The number of thiazole rings is 1. The van der Waals surface area contributed by atoms with Crippen molar-refractivity contribution in [1.82, 2.24) is 4.98 Å². The van der Waals surface area contributed by atoms with Crippen LogP contribution in [-0.2, 0) is 9.59 Å². The number of para-hydroxylation sites is 1. The van der Waals surface area contributed by atoms with E-state index in [0.29, 0.717) is 21.3 Å². The molecule has 158 valence electrons. The number of aliphatic hydroxyl groups excluding tert-OH is 1. The molecular weight excluding hydrogens is 444 g/mol. The van der Waals surface area contributed by atoms with Gasteiger partial charge >= 0.3 is 5.91 Å². The van der Waals surface area contributed by atoms with Crippen LogP contribution in [-0.4, -0.2) is 21.8 Å². The molecule has 1 aliphatic rings. The SMILES string of the molecule is Cc1ccc(C(O)=C2C(=O)C(=O)N(c3nc4ccccc4s3)[C@H]2c2ccc(Cl)cc2)cc1. The summed E-state index contributed by atoms with van der Waals surface area (Å²) in [6, 6.07) is 20.8. The second-order valence-electron chi connectivity index (χ2n) is 7.55. The Balaban J connectivity index is 1.73. The molecule has 3 aromatic carbocycles. The molecule has 0 unspecified atom stereocenters. The fourth-order valence-electron chi connectivity index (χ4n) is 3.82. The summed E-state index contributed by atoms with van der Waals surface area (Å²) in [4.78, 5) is 32.3. The van der Waals surface area contributed by atoms with Gasteiger partial charge in [0.25, 0.3) is 5.78 Å². The van der Waals surface area contributed by atoms with Crippen LogP contribution >= 0.6 is 22.9 Å². The molecule has 1 aliphatic heterocycles. The first-order valence-corrected chi connectivity index (χ1v) is 11.1. The molecule has 1 aromatic heterocycles. The number of hydrogen-bond donors (Lipinski definition) is 1. The molecule has 7 heteroatoms. The van der Waals surface area contributed by atoms with Crippen LogP contribution in [0.15, 0.2) is 78.4 Å². The number of benzene rings is 3.